The molecule has 0 bridgehead atoms. The fourth-order valence-electron chi connectivity index (χ4n) is 4.61. The van der Waals surface area contributed by atoms with E-state index in [-0.39, 0.29) is 30.6 Å². The Kier molecular flexibility index (Phi) is 5.59. The Labute approximate surface area is 175 Å². The van der Waals surface area contributed by atoms with E-state index in [2.05, 4.69) is 5.10 Å². The molecule has 2 aromatic heterocycles. The van der Waals surface area contributed by atoms with Crippen LogP contribution in [0.1, 0.15) is 54.9 Å². The molecule has 1 saturated heterocycles. The molecule has 8 heteroatoms. The molecule has 2 aliphatic rings. The van der Waals surface area contributed by atoms with Crippen molar-refractivity contribution in [2.75, 3.05) is 13.6 Å². The number of halogens is 2. The largest absolute Gasteiger partial charge is 0.345 e. The number of nitrogens with zero attached hydrogens (tertiary/aromatic N) is 5. The van der Waals surface area contributed by atoms with Gasteiger partial charge in [-0.1, -0.05) is 0 Å². The summed E-state index contributed by atoms with van der Waals surface area (Å²) in [4.78, 5) is 23.6. The van der Waals surface area contributed by atoms with E-state index >= 15 is 0 Å². The average Bonchev–Trinajstić information content (AvgIpc) is 3.19. The van der Waals surface area contributed by atoms with Crippen LogP contribution in [0.5, 0.6) is 0 Å². The highest BCUT2D eigenvalue weighted by atomic mass is 19.3. The van der Waals surface area contributed by atoms with Crippen molar-refractivity contribution in [1.82, 2.24) is 24.6 Å². The first-order valence-corrected chi connectivity index (χ1v) is 10.7. The van der Waals surface area contributed by atoms with Gasteiger partial charge in [-0.25, -0.2) is 23.4 Å². The highest BCUT2D eigenvalue weighted by molar-refractivity contribution is 5.80. The zero-order valence-corrected chi connectivity index (χ0v) is 17.9. The van der Waals surface area contributed by atoms with E-state index in [0.29, 0.717) is 31.6 Å². The van der Waals surface area contributed by atoms with Crippen LogP contribution in [0, 0.1) is 25.7 Å². The number of carbonyl (C=O) groups is 1. The molecular weight excluding hydrogens is 388 g/mol. The number of rotatable bonds is 5. The lowest BCUT2D eigenvalue weighted by atomic mass is 9.84. The fraction of sp³-hybridized carbons (Fsp3) is 0.636. The van der Waals surface area contributed by atoms with E-state index in [1.54, 1.807) is 9.58 Å². The molecule has 0 unspecified atom stereocenters. The van der Waals surface area contributed by atoms with E-state index in [1.807, 2.05) is 33.0 Å². The van der Waals surface area contributed by atoms with Crippen LogP contribution < -0.4 is 0 Å². The highest BCUT2D eigenvalue weighted by Gasteiger charge is 2.35. The first kappa shape index (κ1) is 20.9. The van der Waals surface area contributed by atoms with Gasteiger partial charge >= 0.3 is 0 Å². The van der Waals surface area contributed by atoms with E-state index in [1.165, 1.54) is 0 Å². The molecular formula is C22H29F2N5O. The van der Waals surface area contributed by atoms with Crippen LogP contribution in [0.4, 0.5) is 8.78 Å². The van der Waals surface area contributed by atoms with Gasteiger partial charge in [-0.05, 0) is 57.6 Å². The molecule has 1 aliphatic carbocycles. The molecule has 2 fully saturated rings. The van der Waals surface area contributed by atoms with Gasteiger partial charge in [0.05, 0.1) is 5.69 Å². The summed E-state index contributed by atoms with van der Waals surface area (Å²) in [6.45, 7) is 4.64. The third-order valence-corrected chi connectivity index (χ3v) is 6.35. The maximum Gasteiger partial charge on any atom is 0.251 e. The smallest absolute Gasteiger partial charge is 0.251 e. The normalized spacial score (nSPS) is 22.1. The van der Waals surface area contributed by atoms with Gasteiger partial charge in [-0.15, -0.1) is 0 Å². The van der Waals surface area contributed by atoms with Crippen LogP contribution in [0.2, 0.25) is 0 Å². The van der Waals surface area contributed by atoms with Crippen molar-refractivity contribution in [3.8, 4) is 5.95 Å². The van der Waals surface area contributed by atoms with Gasteiger partial charge in [0.25, 0.3) is 5.95 Å². The molecule has 1 aliphatic heterocycles. The van der Waals surface area contributed by atoms with Crippen molar-refractivity contribution in [2.24, 2.45) is 11.8 Å². The Balaban J connectivity index is 1.61. The first-order chi connectivity index (χ1) is 14.2. The Morgan fingerprint density at radius 2 is 1.73 bits per heavy atom. The molecule has 3 heterocycles. The monoisotopic (exact) mass is 417 g/mol. The lowest BCUT2D eigenvalue weighted by molar-refractivity contribution is -0.129. The SMILES string of the molecule is Cc1cc(C)n(-c2nc(CC3CCC(F)(F)CC3)cc(C[C@H]3CCN(C)C3=O)n2)n1. The Morgan fingerprint density at radius 3 is 2.30 bits per heavy atom. The van der Waals surface area contributed by atoms with Crippen molar-refractivity contribution in [1.29, 1.82) is 0 Å². The predicted octanol–water partition coefficient (Wildman–Crippen LogP) is 3.67. The second-order valence-electron chi connectivity index (χ2n) is 8.94. The molecule has 6 nitrogen and oxygen atoms in total. The first-order valence-electron chi connectivity index (χ1n) is 10.7. The number of amides is 1. The topological polar surface area (TPSA) is 63.9 Å². The van der Waals surface area contributed by atoms with Crippen LogP contribution in [0.15, 0.2) is 12.1 Å². The average molecular weight is 418 g/mol. The lowest BCUT2D eigenvalue weighted by Crippen LogP contribution is -2.26. The number of alkyl halides is 2. The quantitative estimate of drug-likeness (QED) is 0.745. The van der Waals surface area contributed by atoms with Crippen LogP contribution in [0.3, 0.4) is 0 Å². The minimum Gasteiger partial charge on any atom is -0.345 e. The summed E-state index contributed by atoms with van der Waals surface area (Å²) in [5, 5.41) is 4.50. The third-order valence-electron chi connectivity index (χ3n) is 6.35. The van der Waals surface area contributed by atoms with Gasteiger partial charge in [-0.2, -0.15) is 5.10 Å². The van der Waals surface area contributed by atoms with E-state index in [0.717, 1.165) is 35.7 Å². The van der Waals surface area contributed by atoms with Crippen molar-refractivity contribution in [3.05, 3.63) is 34.9 Å². The van der Waals surface area contributed by atoms with Gasteiger partial charge in [-0.3, -0.25) is 4.79 Å². The summed E-state index contributed by atoms with van der Waals surface area (Å²) in [6.07, 6.45) is 2.94. The maximum absolute atomic E-state index is 13.5. The summed E-state index contributed by atoms with van der Waals surface area (Å²) in [5.41, 5.74) is 3.48. The number of aryl methyl sites for hydroxylation is 2. The molecule has 0 N–H and O–H groups in total. The molecule has 1 saturated carbocycles. The van der Waals surface area contributed by atoms with E-state index < -0.39 is 5.92 Å². The summed E-state index contributed by atoms with van der Waals surface area (Å²) < 4.78 is 28.8. The van der Waals surface area contributed by atoms with Crippen molar-refractivity contribution in [3.63, 3.8) is 0 Å². The molecule has 2 aromatic rings. The minimum atomic E-state index is -2.53. The van der Waals surface area contributed by atoms with Crippen molar-refractivity contribution >= 4 is 5.91 Å². The van der Waals surface area contributed by atoms with Crippen molar-refractivity contribution < 1.29 is 13.6 Å². The summed E-state index contributed by atoms with van der Waals surface area (Å²) >= 11 is 0. The molecule has 0 aromatic carbocycles. The van der Waals surface area contributed by atoms with Gasteiger partial charge in [0.1, 0.15) is 0 Å². The van der Waals surface area contributed by atoms with Crippen LogP contribution >= 0.6 is 0 Å². The molecule has 4 rings (SSSR count). The maximum atomic E-state index is 13.5. The number of likely N-dealkylation sites (tertiary alicyclic amines) is 1. The minimum absolute atomic E-state index is 0.0527. The summed E-state index contributed by atoms with van der Waals surface area (Å²) in [6, 6.07) is 3.92. The zero-order valence-electron chi connectivity index (χ0n) is 17.9. The Hall–Kier alpha value is -2.38. The fourth-order valence-corrected chi connectivity index (χ4v) is 4.61. The van der Waals surface area contributed by atoms with Gasteiger partial charge < -0.3 is 4.90 Å². The molecule has 0 spiro atoms. The second-order valence-corrected chi connectivity index (χ2v) is 8.94. The second kappa shape index (κ2) is 8.04. The molecule has 162 valence electrons. The van der Waals surface area contributed by atoms with Crippen LogP contribution in [-0.2, 0) is 17.6 Å². The Morgan fingerprint density at radius 1 is 1.07 bits per heavy atom. The van der Waals surface area contributed by atoms with Gasteiger partial charge in [0.15, 0.2) is 0 Å². The Bertz CT molecular complexity index is 932. The van der Waals surface area contributed by atoms with Gasteiger partial charge in [0.2, 0.25) is 11.8 Å². The van der Waals surface area contributed by atoms with Crippen LogP contribution in [0.25, 0.3) is 5.95 Å². The standard InChI is InChI=1S/C22H29F2N5O/c1-14-10-15(2)29(27-14)21-25-18(11-16-4-7-22(23,24)8-5-16)13-19(26-21)12-17-6-9-28(3)20(17)30/h10,13,16-17H,4-9,11-12H2,1-3H3/t17-/m1/s1. The van der Waals surface area contributed by atoms with E-state index in [9.17, 15) is 13.6 Å². The third kappa shape index (κ3) is 4.52. The summed E-state index contributed by atoms with van der Waals surface area (Å²) in [5.74, 6) is -1.76. The number of aromatic nitrogens is 4. The van der Waals surface area contributed by atoms with Crippen LogP contribution in [-0.4, -0.2) is 50.1 Å². The molecule has 0 radical (unpaired) electrons. The van der Waals surface area contributed by atoms with E-state index in [4.69, 9.17) is 9.97 Å². The molecule has 1 amide bonds. The predicted molar refractivity (Wildman–Crippen MR) is 109 cm³/mol. The molecule has 1 atom stereocenters. The van der Waals surface area contributed by atoms with Crippen molar-refractivity contribution in [2.45, 2.75) is 64.7 Å². The number of hydrogen-bond acceptors (Lipinski definition) is 4. The zero-order chi connectivity index (χ0) is 21.5. The van der Waals surface area contributed by atoms with Gasteiger partial charge in [0, 0.05) is 55.9 Å². The number of carbonyl (C=O) groups excluding carboxylic acids is 1. The number of hydrogen-bond donors (Lipinski definition) is 0. The summed E-state index contributed by atoms with van der Waals surface area (Å²) in [7, 11) is 1.83. The lowest BCUT2D eigenvalue weighted by Gasteiger charge is -2.28. The highest BCUT2D eigenvalue weighted by Crippen LogP contribution is 2.37. The molecule has 30 heavy (non-hydrogen) atoms.